The fraction of sp³-hybridized carbons (Fsp3) is 0.947. The Morgan fingerprint density at radius 3 is 2.59 bits per heavy atom. The van der Waals surface area contributed by atoms with Crippen LogP contribution in [-0.4, -0.2) is 65.9 Å². The van der Waals surface area contributed by atoms with Gasteiger partial charge in [-0.25, -0.2) is 8.42 Å². The molecule has 8 heteroatoms. The maximum atomic E-state index is 13.2. The van der Waals surface area contributed by atoms with Crippen molar-refractivity contribution in [2.45, 2.75) is 94.8 Å². The van der Waals surface area contributed by atoms with Gasteiger partial charge < -0.3 is 4.74 Å². The van der Waals surface area contributed by atoms with Crippen molar-refractivity contribution in [3.8, 4) is 0 Å². The molecule has 0 aromatic heterocycles. The smallest absolute Gasteiger partial charge is 0.326 e. The highest BCUT2D eigenvalue weighted by atomic mass is 32.2. The molecule has 0 aromatic carbocycles. The second kappa shape index (κ2) is 6.97. The van der Waals surface area contributed by atoms with E-state index in [4.69, 9.17) is 9.57 Å². The molecule has 3 aliphatic heterocycles. The van der Waals surface area contributed by atoms with Crippen molar-refractivity contribution in [2.24, 2.45) is 5.92 Å². The van der Waals surface area contributed by atoms with Crippen LogP contribution in [0.4, 0.5) is 0 Å². The zero-order valence-corrected chi connectivity index (χ0v) is 17.4. The van der Waals surface area contributed by atoms with Crippen LogP contribution >= 0.6 is 0 Å². The van der Waals surface area contributed by atoms with Crippen LogP contribution in [-0.2, 0) is 24.4 Å². The van der Waals surface area contributed by atoms with Gasteiger partial charge in [0.15, 0.2) is 5.25 Å². The standard InChI is InChI=1S/C19H32N2O5S/c1-4-19-12-20-11-15(19)16(26-21(19)14-8-6-5-7-9-14)10-17(27(20,23)24)18(22)25-13(2)3/h13-17H,4-12H2,1-3H3/t15-,16+,17-,19-/m1/s1. The Bertz CT molecular complexity index is 690. The largest absolute Gasteiger partial charge is 0.462 e. The Morgan fingerprint density at radius 1 is 1.26 bits per heavy atom. The van der Waals surface area contributed by atoms with Crippen molar-refractivity contribution < 1.29 is 22.8 Å². The fourth-order valence-electron chi connectivity index (χ4n) is 5.63. The number of carbonyl (C=O) groups is 1. The Balaban J connectivity index is 1.66. The van der Waals surface area contributed by atoms with E-state index in [-0.39, 0.29) is 30.1 Å². The monoisotopic (exact) mass is 400 g/mol. The third-order valence-electron chi connectivity index (χ3n) is 6.98. The molecule has 3 heterocycles. The van der Waals surface area contributed by atoms with E-state index in [2.05, 4.69) is 12.0 Å². The second-order valence-corrected chi connectivity index (χ2v) is 11.0. The average Bonchev–Trinajstić information content (AvgIpc) is 3.12. The molecule has 7 nitrogen and oxygen atoms in total. The maximum Gasteiger partial charge on any atom is 0.326 e. The summed E-state index contributed by atoms with van der Waals surface area (Å²) in [5.74, 6) is -0.518. The molecule has 154 valence electrons. The number of hydroxylamine groups is 2. The average molecular weight is 401 g/mol. The molecule has 0 amide bonds. The first kappa shape index (κ1) is 19.6. The van der Waals surface area contributed by atoms with E-state index in [1.54, 1.807) is 18.2 Å². The van der Waals surface area contributed by atoms with Gasteiger partial charge in [0.2, 0.25) is 10.0 Å². The number of sulfonamides is 1. The zero-order chi connectivity index (χ0) is 19.4. The lowest BCUT2D eigenvalue weighted by Gasteiger charge is -2.41. The van der Waals surface area contributed by atoms with Crippen LogP contribution in [0.3, 0.4) is 0 Å². The SMILES string of the molecule is CC[C@@]12CN3C[C@@H]1[C@H](C[C@H](C(=O)OC(C)C)S3(=O)=O)ON2C1CCCCC1. The Morgan fingerprint density at radius 2 is 1.96 bits per heavy atom. The van der Waals surface area contributed by atoms with Crippen LogP contribution in [0, 0.1) is 5.92 Å². The summed E-state index contributed by atoms with van der Waals surface area (Å²) in [4.78, 5) is 19.0. The van der Waals surface area contributed by atoms with Gasteiger partial charge in [0.25, 0.3) is 0 Å². The quantitative estimate of drug-likeness (QED) is 0.673. The van der Waals surface area contributed by atoms with Crippen LogP contribution in [0.15, 0.2) is 0 Å². The summed E-state index contributed by atoms with van der Waals surface area (Å²) in [6, 6.07) is 0.355. The van der Waals surface area contributed by atoms with Gasteiger partial charge in [0.05, 0.1) is 17.7 Å². The predicted molar refractivity (Wildman–Crippen MR) is 100 cm³/mol. The van der Waals surface area contributed by atoms with Crippen molar-refractivity contribution in [3.05, 3.63) is 0 Å². The minimum absolute atomic E-state index is 0.121. The maximum absolute atomic E-state index is 13.2. The molecule has 0 spiro atoms. The summed E-state index contributed by atoms with van der Waals surface area (Å²) in [6.45, 7) is 6.50. The van der Waals surface area contributed by atoms with E-state index in [1.165, 1.54) is 19.3 Å². The summed E-state index contributed by atoms with van der Waals surface area (Å²) in [5.41, 5.74) is -0.257. The molecule has 1 aliphatic carbocycles. The summed E-state index contributed by atoms with van der Waals surface area (Å²) in [7, 11) is -3.73. The Kier molecular flexibility index (Phi) is 5.06. The molecular formula is C19H32N2O5S. The lowest BCUT2D eigenvalue weighted by Crippen LogP contribution is -2.54. The van der Waals surface area contributed by atoms with Gasteiger partial charge in [0, 0.05) is 31.5 Å². The zero-order valence-electron chi connectivity index (χ0n) is 16.6. The van der Waals surface area contributed by atoms with E-state index >= 15 is 0 Å². The van der Waals surface area contributed by atoms with Crippen molar-refractivity contribution in [3.63, 3.8) is 0 Å². The summed E-state index contributed by atoms with van der Waals surface area (Å²) < 4.78 is 33.3. The van der Waals surface area contributed by atoms with Crippen LogP contribution < -0.4 is 0 Å². The highest BCUT2D eigenvalue weighted by Gasteiger charge is 2.66. The predicted octanol–water partition coefficient (Wildman–Crippen LogP) is 2.07. The van der Waals surface area contributed by atoms with Crippen LogP contribution in [0.25, 0.3) is 0 Å². The van der Waals surface area contributed by atoms with E-state index in [0.29, 0.717) is 19.1 Å². The van der Waals surface area contributed by atoms with Crippen molar-refractivity contribution in [1.29, 1.82) is 0 Å². The van der Waals surface area contributed by atoms with Gasteiger partial charge in [-0.3, -0.25) is 9.63 Å². The van der Waals surface area contributed by atoms with Crippen LogP contribution in [0.2, 0.25) is 0 Å². The van der Waals surface area contributed by atoms with Crippen molar-refractivity contribution >= 4 is 16.0 Å². The Labute approximate surface area is 162 Å². The molecule has 2 bridgehead atoms. The molecule has 0 N–H and O–H groups in total. The third-order valence-corrected chi connectivity index (χ3v) is 9.08. The first-order valence-corrected chi connectivity index (χ1v) is 12.0. The number of carbonyl (C=O) groups excluding carboxylic acids is 1. The normalized spacial score (nSPS) is 41.6. The summed E-state index contributed by atoms with van der Waals surface area (Å²) >= 11 is 0. The van der Waals surface area contributed by atoms with Crippen LogP contribution in [0.1, 0.15) is 65.7 Å². The lowest BCUT2D eigenvalue weighted by molar-refractivity contribution is -0.221. The van der Waals surface area contributed by atoms with Gasteiger partial charge in [-0.1, -0.05) is 26.2 Å². The first-order valence-electron chi connectivity index (χ1n) is 10.4. The molecule has 0 aromatic rings. The van der Waals surface area contributed by atoms with Gasteiger partial charge >= 0.3 is 5.97 Å². The number of ether oxygens (including phenoxy) is 1. The topological polar surface area (TPSA) is 76.1 Å². The van der Waals surface area contributed by atoms with Gasteiger partial charge in [-0.15, -0.1) is 0 Å². The molecular weight excluding hydrogens is 368 g/mol. The molecule has 3 saturated heterocycles. The number of esters is 1. The number of hydrogen-bond donors (Lipinski definition) is 0. The second-order valence-electron chi connectivity index (χ2n) is 8.87. The minimum Gasteiger partial charge on any atom is -0.462 e. The van der Waals surface area contributed by atoms with Gasteiger partial charge in [0.1, 0.15) is 0 Å². The highest BCUT2D eigenvalue weighted by Crippen LogP contribution is 2.52. The van der Waals surface area contributed by atoms with E-state index in [9.17, 15) is 13.2 Å². The number of hydrogen-bond acceptors (Lipinski definition) is 6. The minimum atomic E-state index is -3.73. The molecule has 27 heavy (non-hydrogen) atoms. The highest BCUT2D eigenvalue weighted by molar-refractivity contribution is 7.90. The lowest BCUT2D eigenvalue weighted by atomic mass is 9.79. The number of rotatable bonds is 4. The summed E-state index contributed by atoms with van der Waals surface area (Å²) in [6.07, 6.45) is 6.35. The molecule has 5 atom stereocenters. The molecule has 4 fully saturated rings. The molecule has 0 radical (unpaired) electrons. The van der Waals surface area contributed by atoms with Crippen LogP contribution in [0.5, 0.6) is 0 Å². The van der Waals surface area contributed by atoms with Crippen molar-refractivity contribution in [1.82, 2.24) is 9.37 Å². The molecule has 4 aliphatic rings. The molecule has 1 saturated carbocycles. The van der Waals surface area contributed by atoms with Gasteiger partial charge in [-0.05, 0) is 33.1 Å². The van der Waals surface area contributed by atoms with Crippen molar-refractivity contribution in [2.75, 3.05) is 13.1 Å². The van der Waals surface area contributed by atoms with E-state index in [1.807, 2.05) is 0 Å². The summed E-state index contributed by atoms with van der Waals surface area (Å²) in [5, 5.41) is 1.02. The van der Waals surface area contributed by atoms with Gasteiger partial charge in [-0.2, -0.15) is 9.37 Å². The third kappa shape index (κ3) is 3.03. The van der Waals surface area contributed by atoms with E-state index in [0.717, 1.165) is 19.3 Å². The van der Waals surface area contributed by atoms with E-state index < -0.39 is 21.2 Å². The Hall–Kier alpha value is -0.700. The molecule has 4 rings (SSSR count). The number of nitrogens with zero attached hydrogens (tertiary/aromatic N) is 2. The molecule has 1 unspecified atom stereocenters. The fourth-order valence-corrected chi connectivity index (χ4v) is 7.50. The first-order chi connectivity index (χ1) is 12.8. The number of fused-ring (bicyclic) bond motifs is 1.